The largest absolute Gasteiger partial charge is 0.465 e. The van der Waals surface area contributed by atoms with Crippen LogP contribution in [0.25, 0.3) is 17.0 Å². The van der Waals surface area contributed by atoms with Crippen LogP contribution in [0.5, 0.6) is 0 Å². The Labute approximate surface area is 158 Å². The SMILES string of the molecule is CCOC(=O)CNC(=O)CSc1ccc2nnc(-c3cccc(F)c3)n2n1. The van der Waals surface area contributed by atoms with Gasteiger partial charge in [-0.15, -0.1) is 10.2 Å². The number of hydrogen-bond donors (Lipinski definition) is 1. The average molecular weight is 389 g/mol. The zero-order valence-corrected chi connectivity index (χ0v) is 15.2. The van der Waals surface area contributed by atoms with Crippen LogP contribution in [0, 0.1) is 5.82 Å². The summed E-state index contributed by atoms with van der Waals surface area (Å²) in [6.45, 7) is 1.79. The number of aromatic nitrogens is 4. The number of benzene rings is 1. The van der Waals surface area contributed by atoms with E-state index in [4.69, 9.17) is 4.74 Å². The van der Waals surface area contributed by atoms with Crippen LogP contribution in [0.1, 0.15) is 6.92 Å². The number of thioether (sulfide) groups is 1. The van der Waals surface area contributed by atoms with Crippen molar-refractivity contribution in [1.82, 2.24) is 25.1 Å². The zero-order valence-electron chi connectivity index (χ0n) is 14.4. The van der Waals surface area contributed by atoms with Gasteiger partial charge < -0.3 is 10.1 Å². The Kier molecular flexibility index (Phi) is 5.97. The number of rotatable bonds is 7. The Balaban J connectivity index is 1.68. The van der Waals surface area contributed by atoms with E-state index in [-0.39, 0.29) is 30.6 Å². The lowest BCUT2D eigenvalue weighted by Crippen LogP contribution is -2.31. The number of hydrogen-bond acceptors (Lipinski definition) is 7. The molecule has 1 aromatic carbocycles. The summed E-state index contributed by atoms with van der Waals surface area (Å²) in [6, 6.07) is 9.41. The summed E-state index contributed by atoms with van der Waals surface area (Å²) in [7, 11) is 0. The van der Waals surface area contributed by atoms with Crippen molar-refractivity contribution in [1.29, 1.82) is 0 Å². The molecule has 0 fully saturated rings. The molecule has 1 N–H and O–H groups in total. The molecule has 0 unspecified atom stereocenters. The Morgan fingerprint density at radius 3 is 2.89 bits per heavy atom. The Morgan fingerprint density at radius 2 is 2.11 bits per heavy atom. The number of esters is 1. The zero-order chi connectivity index (χ0) is 19.2. The number of ether oxygens (including phenoxy) is 1. The second-order valence-electron chi connectivity index (χ2n) is 5.35. The van der Waals surface area contributed by atoms with E-state index in [9.17, 15) is 14.0 Å². The topological polar surface area (TPSA) is 98.5 Å². The summed E-state index contributed by atoms with van der Waals surface area (Å²) < 4.78 is 19.7. The van der Waals surface area contributed by atoms with Crippen molar-refractivity contribution in [2.24, 2.45) is 0 Å². The summed E-state index contributed by atoms with van der Waals surface area (Å²) in [5.41, 5.74) is 1.05. The molecule has 0 radical (unpaired) electrons. The highest BCUT2D eigenvalue weighted by Gasteiger charge is 2.12. The maximum atomic E-state index is 13.5. The molecule has 140 valence electrons. The highest BCUT2D eigenvalue weighted by molar-refractivity contribution is 7.99. The minimum Gasteiger partial charge on any atom is -0.465 e. The van der Waals surface area contributed by atoms with Crippen LogP contribution < -0.4 is 5.32 Å². The normalized spacial score (nSPS) is 10.7. The third kappa shape index (κ3) is 4.79. The lowest BCUT2D eigenvalue weighted by molar-refractivity contribution is -0.143. The molecule has 0 bridgehead atoms. The van der Waals surface area contributed by atoms with E-state index in [1.807, 2.05) is 0 Å². The Hall–Kier alpha value is -3.01. The van der Waals surface area contributed by atoms with Gasteiger partial charge in [0.2, 0.25) is 5.91 Å². The molecule has 0 saturated heterocycles. The van der Waals surface area contributed by atoms with E-state index in [0.717, 1.165) is 0 Å². The Bertz CT molecular complexity index is 978. The molecule has 0 saturated carbocycles. The molecule has 10 heteroatoms. The number of nitrogens with one attached hydrogen (secondary N) is 1. The van der Waals surface area contributed by atoms with Gasteiger partial charge in [-0.2, -0.15) is 9.61 Å². The van der Waals surface area contributed by atoms with Crippen LogP contribution in [-0.4, -0.2) is 50.6 Å². The quantitative estimate of drug-likeness (QED) is 0.485. The molecule has 2 heterocycles. The first-order valence-corrected chi connectivity index (χ1v) is 9.09. The van der Waals surface area contributed by atoms with Gasteiger partial charge in [-0.25, -0.2) is 4.39 Å². The molecule has 0 atom stereocenters. The minimum absolute atomic E-state index is 0.0787. The van der Waals surface area contributed by atoms with Crippen LogP contribution in [0.4, 0.5) is 4.39 Å². The van der Waals surface area contributed by atoms with Crippen molar-refractivity contribution in [2.45, 2.75) is 11.9 Å². The fraction of sp³-hybridized carbons (Fsp3) is 0.235. The monoisotopic (exact) mass is 389 g/mol. The van der Waals surface area contributed by atoms with E-state index >= 15 is 0 Å². The third-order valence-corrected chi connectivity index (χ3v) is 4.33. The standard InChI is InChI=1S/C17H16FN5O3S/c1-2-26-16(25)9-19-14(24)10-27-15-7-6-13-20-21-17(23(13)22-15)11-4-3-5-12(18)8-11/h3-8H,2,9-10H2,1H3,(H,19,24). The molecule has 2 aromatic heterocycles. The highest BCUT2D eigenvalue weighted by atomic mass is 32.2. The molecule has 0 aliphatic heterocycles. The molecule has 0 aliphatic rings. The van der Waals surface area contributed by atoms with Gasteiger partial charge in [0, 0.05) is 5.56 Å². The van der Waals surface area contributed by atoms with Crippen molar-refractivity contribution in [3.05, 3.63) is 42.2 Å². The Morgan fingerprint density at radius 1 is 1.26 bits per heavy atom. The second kappa shape index (κ2) is 8.58. The lowest BCUT2D eigenvalue weighted by Gasteiger charge is -2.05. The van der Waals surface area contributed by atoms with Crippen LogP contribution in [0.15, 0.2) is 41.4 Å². The van der Waals surface area contributed by atoms with E-state index < -0.39 is 5.97 Å². The van der Waals surface area contributed by atoms with Crippen molar-refractivity contribution in [3.8, 4) is 11.4 Å². The van der Waals surface area contributed by atoms with Crippen LogP contribution in [-0.2, 0) is 14.3 Å². The van der Waals surface area contributed by atoms with E-state index in [2.05, 4.69) is 20.6 Å². The number of fused-ring (bicyclic) bond motifs is 1. The number of halogens is 1. The minimum atomic E-state index is -0.486. The number of amides is 1. The van der Waals surface area contributed by atoms with Crippen LogP contribution >= 0.6 is 11.8 Å². The van der Waals surface area contributed by atoms with Crippen molar-refractivity contribution < 1.29 is 18.7 Å². The van der Waals surface area contributed by atoms with Crippen molar-refractivity contribution in [3.63, 3.8) is 0 Å². The number of carbonyl (C=O) groups excluding carboxylic acids is 2. The van der Waals surface area contributed by atoms with Gasteiger partial charge in [0.05, 0.1) is 12.4 Å². The first-order valence-electron chi connectivity index (χ1n) is 8.10. The molecule has 3 aromatic rings. The van der Waals surface area contributed by atoms with Gasteiger partial charge in [-0.05, 0) is 31.2 Å². The van der Waals surface area contributed by atoms with Crippen LogP contribution in [0.3, 0.4) is 0 Å². The highest BCUT2D eigenvalue weighted by Crippen LogP contribution is 2.21. The third-order valence-electron chi connectivity index (χ3n) is 3.41. The molecule has 27 heavy (non-hydrogen) atoms. The summed E-state index contributed by atoms with van der Waals surface area (Å²) in [5.74, 6) is -0.703. The molecule has 0 aliphatic carbocycles. The fourth-order valence-electron chi connectivity index (χ4n) is 2.23. The molecule has 3 rings (SSSR count). The number of carbonyl (C=O) groups is 2. The van der Waals surface area contributed by atoms with Gasteiger partial charge in [0.15, 0.2) is 11.5 Å². The van der Waals surface area contributed by atoms with Gasteiger partial charge in [-0.3, -0.25) is 9.59 Å². The van der Waals surface area contributed by atoms with Gasteiger partial charge in [-0.1, -0.05) is 23.9 Å². The van der Waals surface area contributed by atoms with Crippen molar-refractivity contribution >= 4 is 29.3 Å². The predicted molar refractivity (Wildman–Crippen MR) is 96.5 cm³/mol. The summed E-state index contributed by atoms with van der Waals surface area (Å²) in [4.78, 5) is 23.1. The summed E-state index contributed by atoms with van der Waals surface area (Å²) in [5, 5.41) is 15.5. The van der Waals surface area contributed by atoms with E-state index in [0.29, 0.717) is 22.1 Å². The van der Waals surface area contributed by atoms with Crippen LogP contribution in [0.2, 0.25) is 0 Å². The van der Waals surface area contributed by atoms with Gasteiger partial charge >= 0.3 is 5.97 Å². The molecule has 8 nitrogen and oxygen atoms in total. The first-order chi connectivity index (χ1) is 13.1. The van der Waals surface area contributed by atoms with E-state index in [1.165, 1.54) is 28.4 Å². The fourth-order valence-corrected chi connectivity index (χ4v) is 2.91. The average Bonchev–Trinajstić information content (AvgIpc) is 3.08. The molecule has 0 spiro atoms. The van der Waals surface area contributed by atoms with Gasteiger partial charge in [0.25, 0.3) is 0 Å². The summed E-state index contributed by atoms with van der Waals surface area (Å²) in [6.07, 6.45) is 0. The summed E-state index contributed by atoms with van der Waals surface area (Å²) >= 11 is 1.19. The number of nitrogens with zero attached hydrogens (tertiary/aromatic N) is 4. The maximum absolute atomic E-state index is 13.5. The molecule has 1 amide bonds. The lowest BCUT2D eigenvalue weighted by atomic mass is 10.2. The first kappa shape index (κ1) is 18.8. The second-order valence-corrected chi connectivity index (χ2v) is 6.34. The van der Waals surface area contributed by atoms with E-state index in [1.54, 1.807) is 31.2 Å². The van der Waals surface area contributed by atoms with Crippen molar-refractivity contribution in [2.75, 3.05) is 18.9 Å². The molecular formula is C17H16FN5O3S. The smallest absolute Gasteiger partial charge is 0.325 e. The maximum Gasteiger partial charge on any atom is 0.325 e. The van der Waals surface area contributed by atoms with Gasteiger partial charge in [0.1, 0.15) is 17.4 Å². The molecular weight excluding hydrogens is 373 g/mol. The predicted octanol–water partition coefficient (Wildman–Crippen LogP) is 1.70.